The summed E-state index contributed by atoms with van der Waals surface area (Å²) in [5.74, 6) is 0.253. The molecule has 2 aromatic rings. The Balaban J connectivity index is 1.34. The van der Waals surface area contributed by atoms with Crippen molar-refractivity contribution in [2.24, 2.45) is 4.99 Å². The smallest absolute Gasteiger partial charge is 0.0729 e. The van der Waals surface area contributed by atoms with Crippen molar-refractivity contribution < 1.29 is 9.47 Å². The van der Waals surface area contributed by atoms with Crippen molar-refractivity contribution in [1.82, 2.24) is 4.98 Å². The van der Waals surface area contributed by atoms with E-state index in [0.29, 0.717) is 0 Å². The van der Waals surface area contributed by atoms with E-state index < -0.39 is 0 Å². The zero-order chi connectivity index (χ0) is 21.2. The minimum atomic E-state index is 0.0605. The second-order valence-corrected chi connectivity index (χ2v) is 9.67. The van der Waals surface area contributed by atoms with E-state index in [0.717, 1.165) is 38.8 Å². The molecule has 5 rings (SSSR count). The molecule has 164 valence electrons. The topological polar surface area (TPSA) is 43.7 Å². The van der Waals surface area contributed by atoms with E-state index in [1.807, 2.05) is 19.4 Å². The van der Waals surface area contributed by atoms with Gasteiger partial charge in [-0.1, -0.05) is 43.2 Å². The minimum Gasteiger partial charge on any atom is -0.380 e. The average Bonchev–Trinajstić information content (AvgIpc) is 3.41. The maximum atomic E-state index is 6.38. The van der Waals surface area contributed by atoms with Crippen LogP contribution in [0.5, 0.6) is 0 Å². The van der Waals surface area contributed by atoms with E-state index in [2.05, 4.69) is 42.6 Å². The van der Waals surface area contributed by atoms with Gasteiger partial charge < -0.3 is 9.47 Å². The Morgan fingerprint density at radius 1 is 1.13 bits per heavy atom. The Morgan fingerprint density at radius 2 is 1.97 bits per heavy atom. The molecule has 2 heterocycles. The van der Waals surface area contributed by atoms with E-state index in [1.165, 1.54) is 42.5 Å². The number of nitrogens with zero attached hydrogens (tertiary/aromatic N) is 2. The van der Waals surface area contributed by atoms with E-state index in [9.17, 15) is 0 Å². The Hall–Kier alpha value is -2.04. The van der Waals surface area contributed by atoms with Crippen molar-refractivity contribution >= 4 is 6.21 Å². The molecule has 0 radical (unpaired) electrons. The van der Waals surface area contributed by atoms with Gasteiger partial charge in [0.25, 0.3) is 0 Å². The molecule has 2 fully saturated rings. The number of rotatable bonds is 6. The van der Waals surface area contributed by atoms with Gasteiger partial charge in [0.15, 0.2) is 0 Å². The number of aromatic nitrogens is 1. The molecule has 3 aliphatic rings. The first-order valence-corrected chi connectivity index (χ1v) is 11.9. The summed E-state index contributed by atoms with van der Waals surface area (Å²) in [4.78, 5) is 9.77. The lowest BCUT2D eigenvalue weighted by molar-refractivity contribution is -0.104. The maximum absolute atomic E-state index is 6.38. The van der Waals surface area contributed by atoms with Crippen molar-refractivity contribution in [2.75, 3.05) is 20.3 Å². The van der Waals surface area contributed by atoms with E-state index in [1.54, 1.807) is 0 Å². The third kappa shape index (κ3) is 4.08. The Bertz CT molecular complexity index is 906. The quantitative estimate of drug-likeness (QED) is 0.601. The molecule has 1 aromatic carbocycles. The van der Waals surface area contributed by atoms with Crippen LogP contribution in [0, 0.1) is 0 Å². The summed E-state index contributed by atoms with van der Waals surface area (Å²) in [5, 5.41) is 0. The molecule has 4 heteroatoms. The number of fused-ring (bicyclic) bond motifs is 1. The summed E-state index contributed by atoms with van der Waals surface area (Å²) in [6, 6.07) is 15.0. The fourth-order valence-corrected chi connectivity index (χ4v) is 6.26. The molecule has 1 saturated heterocycles. The molecule has 0 N–H and O–H groups in total. The van der Waals surface area contributed by atoms with Gasteiger partial charge in [0.05, 0.1) is 11.7 Å². The largest absolute Gasteiger partial charge is 0.380 e. The van der Waals surface area contributed by atoms with E-state index >= 15 is 0 Å². The molecular weight excluding hydrogens is 384 g/mol. The predicted octanol–water partition coefficient (Wildman–Crippen LogP) is 5.26. The van der Waals surface area contributed by atoms with Crippen LogP contribution in [0.15, 0.2) is 53.7 Å². The molecule has 1 aromatic heterocycles. The third-order valence-electron chi connectivity index (χ3n) is 7.90. The number of hydrogen-bond acceptors (Lipinski definition) is 4. The highest BCUT2D eigenvalue weighted by atomic mass is 16.5. The van der Waals surface area contributed by atoms with Crippen LogP contribution in [0.4, 0.5) is 0 Å². The molecule has 4 nitrogen and oxygen atoms in total. The van der Waals surface area contributed by atoms with Gasteiger partial charge in [0.2, 0.25) is 0 Å². The van der Waals surface area contributed by atoms with Crippen molar-refractivity contribution in [2.45, 2.75) is 74.4 Å². The standard InChI is InChI=1S/C27H34N2O2/c1-30-24-18-21-8-2-3-9-22(21)23(24)19-28-16-13-26(25-10-4-7-15-29-25)14-17-31-27(20-26)11-5-6-12-27/h2-4,7-10,15,19,23-24H,5-6,11-14,16-18,20H2,1H3/t23?,24-,26-/m1/s1. The van der Waals surface area contributed by atoms with Crippen LogP contribution >= 0.6 is 0 Å². The van der Waals surface area contributed by atoms with Gasteiger partial charge in [-0.25, -0.2) is 0 Å². The van der Waals surface area contributed by atoms with Crippen molar-refractivity contribution in [3.8, 4) is 0 Å². The van der Waals surface area contributed by atoms with Gasteiger partial charge >= 0.3 is 0 Å². The van der Waals surface area contributed by atoms with Crippen LogP contribution in [-0.2, 0) is 21.3 Å². The number of hydrogen-bond donors (Lipinski definition) is 0. The van der Waals surface area contributed by atoms with Crippen LogP contribution in [-0.4, -0.2) is 43.2 Å². The normalized spacial score (nSPS) is 29.6. The molecule has 0 bridgehead atoms. The van der Waals surface area contributed by atoms with Crippen LogP contribution in [0.2, 0.25) is 0 Å². The van der Waals surface area contributed by atoms with Crippen LogP contribution in [0.25, 0.3) is 0 Å². The van der Waals surface area contributed by atoms with Crippen molar-refractivity contribution in [3.05, 3.63) is 65.5 Å². The molecule has 1 saturated carbocycles. The molecule has 0 amide bonds. The highest BCUT2D eigenvalue weighted by Crippen LogP contribution is 2.49. The van der Waals surface area contributed by atoms with Crippen LogP contribution in [0.1, 0.15) is 67.7 Å². The summed E-state index contributed by atoms with van der Waals surface area (Å²) in [6.45, 7) is 1.66. The molecule has 1 spiro atoms. The SMILES string of the molecule is CO[C@@H]1Cc2ccccc2C1C=NCC[C@@]1(c2ccccn2)CCOC2(CCCC2)C1. The van der Waals surface area contributed by atoms with E-state index in [4.69, 9.17) is 19.5 Å². The summed E-state index contributed by atoms with van der Waals surface area (Å²) >= 11 is 0. The number of benzene rings is 1. The second-order valence-electron chi connectivity index (χ2n) is 9.67. The zero-order valence-corrected chi connectivity index (χ0v) is 18.6. The molecule has 31 heavy (non-hydrogen) atoms. The van der Waals surface area contributed by atoms with E-state index in [-0.39, 0.29) is 23.0 Å². The third-order valence-corrected chi connectivity index (χ3v) is 7.90. The number of aliphatic imine (C=N–C) groups is 1. The van der Waals surface area contributed by atoms with Crippen LogP contribution in [0.3, 0.4) is 0 Å². The molecule has 2 aliphatic carbocycles. The van der Waals surface area contributed by atoms with Gasteiger partial charge in [0, 0.05) is 49.7 Å². The lowest BCUT2D eigenvalue weighted by Crippen LogP contribution is -2.46. The Labute approximate surface area is 186 Å². The van der Waals surface area contributed by atoms with Crippen molar-refractivity contribution in [1.29, 1.82) is 0 Å². The fraction of sp³-hybridized carbons (Fsp3) is 0.556. The van der Waals surface area contributed by atoms with Gasteiger partial charge in [-0.3, -0.25) is 9.98 Å². The highest BCUT2D eigenvalue weighted by Gasteiger charge is 2.48. The monoisotopic (exact) mass is 418 g/mol. The summed E-state index contributed by atoms with van der Waals surface area (Å²) in [5.41, 5.74) is 4.11. The molecule has 1 unspecified atom stereocenters. The first kappa shape index (κ1) is 20.8. The maximum Gasteiger partial charge on any atom is 0.0729 e. The molecule has 3 atom stereocenters. The van der Waals surface area contributed by atoms with Gasteiger partial charge in [0.1, 0.15) is 0 Å². The Kier molecular flexibility index (Phi) is 5.94. The summed E-state index contributed by atoms with van der Waals surface area (Å²) in [7, 11) is 1.82. The fourth-order valence-electron chi connectivity index (χ4n) is 6.26. The van der Waals surface area contributed by atoms with Gasteiger partial charge in [-0.15, -0.1) is 0 Å². The molecular formula is C27H34N2O2. The highest BCUT2D eigenvalue weighted by molar-refractivity contribution is 5.71. The van der Waals surface area contributed by atoms with Gasteiger partial charge in [-0.05, 0) is 61.8 Å². The zero-order valence-electron chi connectivity index (χ0n) is 18.6. The average molecular weight is 419 g/mol. The summed E-state index contributed by atoms with van der Waals surface area (Å²) in [6.07, 6.45) is 13.4. The Morgan fingerprint density at radius 3 is 2.77 bits per heavy atom. The predicted molar refractivity (Wildman–Crippen MR) is 124 cm³/mol. The summed E-state index contributed by atoms with van der Waals surface area (Å²) < 4.78 is 12.2. The first-order chi connectivity index (χ1) is 15.2. The first-order valence-electron chi connectivity index (χ1n) is 11.9. The second kappa shape index (κ2) is 8.84. The van der Waals surface area contributed by atoms with Crippen molar-refractivity contribution in [3.63, 3.8) is 0 Å². The lowest BCUT2D eigenvalue weighted by atomic mass is 9.68. The van der Waals surface area contributed by atoms with Gasteiger partial charge in [-0.2, -0.15) is 0 Å². The number of methoxy groups -OCH3 is 1. The van der Waals surface area contributed by atoms with Crippen LogP contribution < -0.4 is 0 Å². The number of pyridine rings is 1. The lowest BCUT2D eigenvalue weighted by Gasteiger charge is -2.46. The number of ether oxygens (including phenoxy) is 2. The minimum absolute atomic E-state index is 0.0605. The molecule has 1 aliphatic heterocycles.